The molecule has 0 aromatic heterocycles. The number of amides is 2. The molecule has 1 aliphatic heterocycles. The lowest BCUT2D eigenvalue weighted by atomic mass is 10.2. The Balaban J connectivity index is 2.14. The van der Waals surface area contributed by atoms with Gasteiger partial charge < -0.3 is 10.6 Å². The van der Waals surface area contributed by atoms with Crippen LogP contribution in [0, 0.1) is 0 Å². The number of benzene rings is 1. The molecule has 0 saturated carbocycles. The largest absolute Gasteiger partial charge is 0.352 e. The lowest BCUT2D eigenvalue weighted by molar-refractivity contribution is -0.119. The molecule has 0 saturated heterocycles. The number of nitrogens with one attached hydrogen (secondary N) is 2. The van der Waals surface area contributed by atoms with Crippen molar-refractivity contribution in [3.63, 3.8) is 0 Å². The predicted octanol–water partition coefficient (Wildman–Crippen LogP) is 1.37. The molecule has 2 N–H and O–H groups in total. The van der Waals surface area contributed by atoms with Gasteiger partial charge in [0.2, 0.25) is 11.8 Å². The standard InChI is InChI=1S/C11H12N2O2S/c1-7(14)12-5-8-2-3-10-9(4-8)13-11(15)6-16-10/h2-4H,5-6H2,1H3,(H,12,14)(H,13,15). The Hall–Kier alpha value is -1.49. The lowest BCUT2D eigenvalue weighted by Gasteiger charge is -2.17. The topological polar surface area (TPSA) is 58.2 Å². The Morgan fingerprint density at radius 3 is 3.12 bits per heavy atom. The minimum absolute atomic E-state index is 0.0224. The Kier molecular flexibility index (Phi) is 3.14. The van der Waals surface area contributed by atoms with Crippen LogP contribution >= 0.6 is 11.8 Å². The Labute approximate surface area is 97.8 Å². The Bertz CT molecular complexity index is 446. The van der Waals surface area contributed by atoms with Crippen molar-refractivity contribution in [2.24, 2.45) is 0 Å². The van der Waals surface area contributed by atoms with Gasteiger partial charge in [0.05, 0.1) is 11.4 Å². The number of fused-ring (bicyclic) bond motifs is 1. The molecule has 0 aliphatic carbocycles. The summed E-state index contributed by atoms with van der Waals surface area (Å²) < 4.78 is 0. The number of rotatable bonds is 2. The SMILES string of the molecule is CC(=O)NCc1ccc2c(c1)NC(=O)CS2. The highest BCUT2D eigenvalue weighted by Gasteiger charge is 2.15. The van der Waals surface area contributed by atoms with Crippen LogP contribution in [0.1, 0.15) is 12.5 Å². The zero-order chi connectivity index (χ0) is 11.5. The van der Waals surface area contributed by atoms with E-state index in [2.05, 4.69) is 10.6 Å². The highest BCUT2D eigenvalue weighted by atomic mass is 32.2. The second kappa shape index (κ2) is 4.57. The molecule has 0 atom stereocenters. The van der Waals surface area contributed by atoms with Crippen LogP contribution in [0.3, 0.4) is 0 Å². The monoisotopic (exact) mass is 236 g/mol. The summed E-state index contributed by atoms with van der Waals surface area (Å²) in [4.78, 5) is 23.0. The summed E-state index contributed by atoms with van der Waals surface area (Å²) >= 11 is 1.53. The van der Waals surface area contributed by atoms with Crippen LogP contribution < -0.4 is 10.6 Å². The van der Waals surface area contributed by atoms with Gasteiger partial charge >= 0.3 is 0 Å². The third-order valence-corrected chi connectivity index (χ3v) is 3.29. The summed E-state index contributed by atoms with van der Waals surface area (Å²) in [5.41, 5.74) is 1.82. The first kappa shape index (κ1) is 11.0. The molecule has 0 spiro atoms. The van der Waals surface area contributed by atoms with E-state index in [9.17, 15) is 9.59 Å². The summed E-state index contributed by atoms with van der Waals surface area (Å²) in [6, 6.07) is 5.82. The van der Waals surface area contributed by atoms with Gasteiger partial charge in [-0.25, -0.2) is 0 Å². The number of carbonyl (C=O) groups is 2. The zero-order valence-corrected chi connectivity index (χ0v) is 9.69. The van der Waals surface area contributed by atoms with E-state index in [4.69, 9.17) is 0 Å². The highest BCUT2D eigenvalue weighted by molar-refractivity contribution is 8.00. The van der Waals surface area contributed by atoms with Gasteiger partial charge in [0.1, 0.15) is 0 Å². The molecule has 0 unspecified atom stereocenters. The number of carbonyl (C=O) groups excluding carboxylic acids is 2. The van der Waals surface area contributed by atoms with E-state index in [0.29, 0.717) is 12.3 Å². The molecule has 0 bridgehead atoms. The maximum absolute atomic E-state index is 11.2. The van der Waals surface area contributed by atoms with Crippen molar-refractivity contribution in [3.05, 3.63) is 23.8 Å². The summed E-state index contributed by atoms with van der Waals surface area (Å²) in [5.74, 6) is 0.434. The summed E-state index contributed by atoms with van der Waals surface area (Å²) in [5, 5.41) is 5.54. The van der Waals surface area contributed by atoms with E-state index in [1.54, 1.807) is 0 Å². The van der Waals surface area contributed by atoms with Crippen LogP contribution in [0.2, 0.25) is 0 Å². The van der Waals surface area contributed by atoms with Gasteiger partial charge in [-0.05, 0) is 17.7 Å². The zero-order valence-electron chi connectivity index (χ0n) is 8.87. The van der Waals surface area contributed by atoms with Crippen molar-refractivity contribution in [2.75, 3.05) is 11.1 Å². The van der Waals surface area contributed by atoms with Gasteiger partial charge in [-0.15, -0.1) is 11.8 Å². The first-order valence-electron chi connectivity index (χ1n) is 4.95. The van der Waals surface area contributed by atoms with Gasteiger partial charge in [0.25, 0.3) is 0 Å². The molecular weight excluding hydrogens is 224 g/mol. The van der Waals surface area contributed by atoms with Crippen LogP contribution in [0.25, 0.3) is 0 Å². The van der Waals surface area contributed by atoms with E-state index in [-0.39, 0.29) is 11.8 Å². The molecule has 0 fully saturated rings. The molecule has 1 aromatic rings. The maximum Gasteiger partial charge on any atom is 0.234 e. The van der Waals surface area contributed by atoms with Crippen molar-refractivity contribution in [1.82, 2.24) is 5.32 Å². The maximum atomic E-state index is 11.2. The van der Waals surface area contributed by atoms with Crippen LogP contribution in [-0.4, -0.2) is 17.6 Å². The molecule has 0 radical (unpaired) electrons. The van der Waals surface area contributed by atoms with Crippen LogP contribution in [0.5, 0.6) is 0 Å². The molecular formula is C11H12N2O2S. The number of anilines is 1. The molecule has 84 valence electrons. The van der Waals surface area contributed by atoms with Crippen molar-refractivity contribution >= 4 is 29.3 Å². The fraction of sp³-hybridized carbons (Fsp3) is 0.273. The number of hydrogen-bond donors (Lipinski definition) is 2. The van der Waals surface area contributed by atoms with Crippen molar-refractivity contribution in [2.45, 2.75) is 18.4 Å². The van der Waals surface area contributed by atoms with Crippen molar-refractivity contribution < 1.29 is 9.59 Å². The van der Waals surface area contributed by atoms with Gasteiger partial charge in [-0.1, -0.05) is 6.07 Å². The molecule has 1 aromatic carbocycles. The van der Waals surface area contributed by atoms with E-state index in [1.165, 1.54) is 18.7 Å². The molecule has 1 aliphatic rings. The van der Waals surface area contributed by atoms with E-state index < -0.39 is 0 Å². The van der Waals surface area contributed by atoms with Crippen LogP contribution in [-0.2, 0) is 16.1 Å². The average Bonchev–Trinajstić information content (AvgIpc) is 2.25. The third kappa shape index (κ3) is 2.55. The minimum Gasteiger partial charge on any atom is -0.352 e. The second-order valence-electron chi connectivity index (χ2n) is 3.58. The number of thioether (sulfide) groups is 1. The molecule has 1 heterocycles. The fourth-order valence-electron chi connectivity index (χ4n) is 1.47. The predicted molar refractivity (Wildman–Crippen MR) is 63.3 cm³/mol. The molecule has 2 amide bonds. The van der Waals surface area contributed by atoms with E-state index in [0.717, 1.165) is 16.1 Å². The average molecular weight is 236 g/mol. The normalized spacial score (nSPS) is 13.9. The Morgan fingerprint density at radius 1 is 1.56 bits per heavy atom. The Morgan fingerprint density at radius 2 is 2.38 bits per heavy atom. The first-order valence-corrected chi connectivity index (χ1v) is 5.94. The van der Waals surface area contributed by atoms with Gasteiger partial charge in [0.15, 0.2) is 0 Å². The molecule has 5 heteroatoms. The molecule has 16 heavy (non-hydrogen) atoms. The minimum atomic E-state index is -0.0591. The summed E-state index contributed by atoms with van der Waals surface area (Å²) in [6.45, 7) is 1.97. The number of hydrogen-bond acceptors (Lipinski definition) is 3. The molecule has 4 nitrogen and oxygen atoms in total. The highest BCUT2D eigenvalue weighted by Crippen LogP contribution is 2.31. The van der Waals surface area contributed by atoms with Crippen molar-refractivity contribution in [3.8, 4) is 0 Å². The first-order chi connectivity index (χ1) is 7.65. The van der Waals surface area contributed by atoms with Crippen molar-refractivity contribution in [1.29, 1.82) is 0 Å². The van der Waals surface area contributed by atoms with Crippen LogP contribution in [0.15, 0.2) is 23.1 Å². The van der Waals surface area contributed by atoms with E-state index >= 15 is 0 Å². The van der Waals surface area contributed by atoms with Crippen LogP contribution in [0.4, 0.5) is 5.69 Å². The summed E-state index contributed by atoms with van der Waals surface area (Å²) in [7, 11) is 0. The quantitative estimate of drug-likeness (QED) is 0.815. The van der Waals surface area contributed by atoms with Gasteiger partial charge in [-0.2, -0.15) is 0 Å². The lowest BCUT2D eigenvalue weighted by Crippen LogP contribution is -2.21. The smallest absolute Gasteiger partial charge is 0.234 e. The second-order valence-corrected chi connectivity index (χ2v) is 4.59. The fourth-order valence-corrected chi connectivity index (χ4v) is 2.26. The summed E-state index contributed by atoms with van der Waals surface area (Å²) in [6.07, 6.45) is 0. The van der Waals surface area contributed by atoms with Gasteiger partial charge in [0, 0.05) is 18.4 Å². The molecule has 2 rings (SSSR count). The van der Waals surface area contributed by atoms with Gasteiger partial charge in [-0.3, -0.25) is 9.59 Å². The van der Waals surface area contributed by atoms with E-state index in [1.807, 2.05) is 18.2 Å². The third-order valence-electron chi connectivity index (χ3n) is 2.22.